The van der Waals surface area contributed by atoms with E-state index in [0.717, 1.165) is 12.1 Å². The highest BCUT2D eigenvalue weighted by Gasteiger charge is 2.47. The van der Waals surface area contributed by atoms with Crippen molar-refractivity contribution < 1.29 is 53.0 Å². The minimum atomic E-state index is -4.65. The minimum absolute atomic E-state index is 0.0586. The van der Waals surface area contributed by atoms with Gasteiger partial charge in [-0.1, -0.05) is 32.9 Å². The van der Waals surface area contributed by atoms with Crippen LogP contribution < -0.4 is 10.6 Å². The number of hydrogen-bond acceptors (Lipinski definition) is 9. The number of benzene rings is 1. The average molecular weight is 664 g/mol. The van der Waals surface area contributed by atoms with E-state index in [1.54, 1.807) is 13.8 Å². The van der Waals surface area contributed by atoms with Gasteiger partial charge in [-0.05, 0) is 65.0 Å². The highest BCUT2D eigenvalue weighted by Crippen LogP contribution is 2.35. The average Bonchev–Trinajstić information content (AvgIpc) is 2.97. The number of urea groups is 1. The molecule has 1 aliphatic heterocycles. The van der Waals surface area contributed by atoms with Crippen LogP contribution in [0.15, 0.2) is 24.3 Å². The maximum atomic E-state index is 13.3. The summed E-state index contributed by atoms with van der Waals surface area (Å²) in [5.74, 6) is -3.14. The van der Waals surface area contributed by atoms with Crippen LogP contribution >= 0.6 is 0 Å². The van der Waals surface area contributed by atoms with E-state index in [-0.39, 0.29) is 44.1 Å². The number of carbonyl (C=O) groups excluding carboxylic acids is 2. The molecule has 0 aliphatic carbocycles. The number of rotatable bonds is 6. The Kier molecular flexibility index (Phi) is 13.9. The van der Waals surface area contributed by atoms with Crippen molar-refractivity contribution in [1.29, 1.82) is 0 Å². The van der Waals surface area contributed by atoms with Crippen LogP contribution in [0.1, 0.15) is 73.3 Å². The van der Waals surface area contributed by atoms with Crippen LogP contribution in [-0.4, -0.2) is 104 Å². The summed E-state index contributed by atoms with van der Waals surface area (Å²) >= 11 is 0. The molecule has 264 valence electrons. The Hall–Kier alpha value is -2.49. The molecule has 2 amide bonds. The van der Waals surface area contributed by atoms with Crippen molar-refractivity contribution in [3.8, 4) is 0 Å². The van der Waals surface area contributed by atoms with Crippen LogP contribution in [0.2, 0.25) is 0 Å². The van der Waals surface area contributed by atoms with Crippen LogP contribution in [-0.2, 0) is 15.7 Å². The fourth-order valence-electron chi connectivity index (χ4n) is 6.33. The number of alkyl halides is 3. The lowest BCUT2D eigenvalue weighted by Crippen LogP contribution is -2.59. The lowest BCUT2D eigenvalue weighted by atomic mass is 9.78. The minimum Gasteiger partial charge on any atom is -0.459 e. The largest absolute Gasteiger partial charge is 0.459 e. The molecule has 2 rings (SSSR count). The van der Waals surface area contributed by atoms with Crippen LogP contribution in [0.25, 0.3) is 0 Å². The summed E-state index contributed by atoms with van der Waals surface area (Å²) in [6, 6.07) is 3.04. The molecular formula is C32H52F3N3O8. The fraction of sp³-hybridized carbons (Fsp3) is 0.750. The van der Waals surface area contributed by atoms with Crippen molar-refractivity contribution in [3.63, 3.8) is 0 Å². The Morgan fingerprint density at radius 3 is 2.26 bits per heavy atom. The molecule has 0 radical (unpaired) electrons. The molecule has 7 N–H and O–H groups in total. The van der Waals surface area contributed by atoms with Crippen molar-refractivity contribution in [2.24, 2.45) is 17.8 Å². The molecule has 0 aromatic heterocycles. The second kappa shape index (κ2) is 16.1. The van der Waals surface area contributed by atoms with Crippen molar-refractivity contribution >= 4 is 17.7 Å². The van der Waals surface area contributed by atoms with Crippen LogP contribution in [0, 0.1) is 17.8 Å². The van der Waals surface area contributed by atoms with Crippen molar-refractivity contribution in [2.45, 2.75) is 116 Å². The zero-order valence-electron chi connectivity index (χ0n) is 27.7. The Bertz CT molecular complexity index is 1150. The first kappa shape index (κ1) is 39.7. The van der Waals surface area contributed by atoms with E-state index in [1.165, 1.54) is 39.8 Å². The van der Waals surface area contributed by atoms with Gasteiger partial charge in [0.2, 0.25) is 0 Å². The van der Waals surface area contributed by atoms with Gasteiger partial charge in [0.05, 0.1) is 35.0 Å². The van der Waals surface area contributed by atoms with Gasteiger partial charge in [-0.15, -0.1) is 0 Å². The van der Waals surface area contributed by atoms with E-state index in [2.05, 4.69) is 10.6 Å². The molecule has 0 saturated carbocycles. The molecule has 1 fully saturated rings. The molecule has 0 bridgehead atoms. The number of anilines is 1. The third kappa shape index (κ3) is 10.0. The molecule has 1 aliphatic rings. The predicted octanol–water partition coefficient (Wildman–Crippen LogP) is 3.13. The predicted molar refractivity (Wildman–Crippen MR) is 166 cm³/mol. The van der Waals surface area contributed by atoms with Gasteiger partial charge in [0, 0.05) is 31.6 Å². The zero-order valence-corrected chi connectivity index (χ0v) is 27.7. The van der Waals surface area contributed by atoms with Crippen molar-refractivity contribution in [2.75, 3.05) is 25.0 Å². The molecule has 1 saturated heterocycles. The van der Waals surface area contributed by atoms with Gasteiger partial charge in [0.15, 0.2) is 0 Å². The van der Waals surface area contributed by atoms with Gasteiger partial charge in [0.1, 0.15) is 17.8 Å². The van der Waals surface area contributed by atoms with Crippen LogP contribution in [0.5, 0.6) is 0 Å². The lowest BCUT2D eigenvalue weighted by molar-refractivity contribution is -0.193. The first-order chi connectivity index (χ1) is 21.1. The first-order valence-corrected chi connectivity index (χ1v) is 15.8. The second-order valence-electron chi connectivity index (χ2n) is 13.3. The summed E-state index contributed by atoms with van der Waals surface area (Å²) in [7, 11) is 0. The van der Waals surface area contributed by atoms with Gasteiger partial charge >= 0.3 is 18.2 Å². The number of ether oxygens (including phenoxy) is 1. The molecule has 1 aromatic carbocycles. The summed E-state index contributed by atoms with van der Waals surface area (Å²) in [4.78, 5) is 27.3. The maximum absolute atomic E-state index is 13.3. The number of carbonyl (C=O) groups is 2. The normalized spacial score (nSPS) is 35.8. The summed E-state index contributed by atoms with van der Waals surface area (Å²) in [6.07, 6.45) is -9.50. The molecule has 1 heterocycles. The van der Waals surface area contributed by atoms with E-state index in [0.29, 0.717) is 6.42 Å². The smallest absolute Gasteiger partial charge is 0.418 e. The first-order valence-electron chi connectivity index (χ1n) is 15.8. The highest BCUT2D eigenvalue weighted by molar-refractivity contribution is 5.90. The Labute approximate surface area is 269 Å². The molecular weight excluding hydrogens is 611 g/mol. The number of halogens is 3. The third-order valence-electron chi connectivity index (χ3n) is 9.17. The van der Waals surface area contributed by atoms with Crippen molar-refractivity contribution in [1.82, 2.24) is 10.2 Å². The van der Waals surface area contributed by atoms with E-state index in [1.807, 2.05) is 11.8 Å². The second-order valence-corrected chi connectivity index (χ2v) is 13.3. The van der Waals surface area contributed by atoms with E-state index >= 15 is 0 Å². The molecule has 0 unspecified atom stereocenters. The molecule has 14 heteroatoms. The van der Waals surface area contributed by atoms with Crippen LogP contribution in [0.3, 0.4) is 0 Å². The van der Waals surface area contributed by atoms with Gasteiger partial charge in [-0.3, -0.25) is 9.69 Å². The van der Waals surface area contributed by atoms with Crippen LogP contribution in [0.4, 0.5) is 23.7 Å². The molecule has 10 atom stereocenters. The number of para-hydroxylation sites is 1. The Balaban J connectivity index is 2.27. The number of aliphatic hydroxyl groups excluding tert-OH is 3. The van der Waals surface area contributed by atoms with E-state index < -0.39 is 77.2 Å². The summed E-state index contributed by atoms with van der Waals surface area (Å²) in [5, 5.41) is 60.8. The lowest BCUT2D eigenvalue weighted by Gasteiger charge is -2.43. The van der Waals surface area contributed by atoms with Gasteiger partial charge in [-0.2, -0.15) is 13.2 Å². The van der Waals surface area contributed by atoms with Gasteiger partial charge in [-0.25, -0.2) is 4.79 Å². The van der Waals surface area contributed by atoms with E-state index in [4.69, 9.17) is 4.74 Å². The molecule has 1 aromatic rings. The molecule has 0 spiro atoms. The van der Waals surface area contributed by atoms with Gasteiger partial charge in [0.25, 0.3) is 0 Å². The number of aliphatic hydroxyl groups is 5. The fourth-order valence-corrected chi connectivity index (χ4v) is 6.33. The standard InChI is InChI=1S/C32H52F3N3O8/c1-8-24-31(7,45)27(41)21(5)38(15-11-14-36-29(43)37-23-13-10-9-12-22(23)32(33,34)35)17-18(2)16-30(6,44)26(40)19(3)25(39)20(4)28(42)46-24/h9-10,12-13,18-21,24-27,39-41,44-45H,8,11,14-17H2,1-7H3,(H2,36,37,43)/t18-,19+,20-,21-,24-,25+,26-,27-,30-,31-/m1/s1. The summed E-state index contributed by atoms with van der Waals surface area (Å²) in [6.45, 7) is 11.5. The Morgan fingerprint density at radius 1 is 1.07 bits per heavy atom. The summed E-state index contributed by atoms with van der Waals surface area (Å²) < 4.78 is 45.5. The number of amides is 2. The number of hydrogen-bond donors (Lipinski definition) is 7. The Morgan fingerprint density at radius 2 is 1.67 bits per heavy atom. The monoisotopic (exact) mass is 663 g/mol. The highest BCUT2D eigenvalue weighted by atomic mass is 19.4. The van der Waals surface area contributed by atoms with E-state index in [9.17, 15) is 48.3 Å². The number of nitrogens with zero attached hydrogens (tertiary/aromatic N) is 1. The quantitative estimate of drug-likeness (QED) is 0.178. The maximum Gasteiger partial charge on any atom is 0.418 e. The molecule has 11 nitrogen and oxygen atoms in total. The zero-order chi connectivity index (χ0) is 35.2. The number of cyclic esters (lactones) is 1. The number of nitrogens with one attached hydrogen (secondary N) is 2. The van der Waals surface area contributed by atoms with Gasteiger partial charge < -0.3 is 40.9 Å². The number of esters is 1. The third-order valence-corrected chi connectivity index (χ3v) is 9.17. The SMILES string of the molecule is CC[C@H]1OC(=O)[C@H](C)[C@@H](O)[C@H](C)[C@@H](O)[C@](C)(O)C[C@@H](C)CN(CCCNC(=O)Nc2ccccc2C(F)(F)F)[C@H](C)[C@@H](O)[C@]1(C)O. The topological polar surface area (TPSA) is 172 Å². The van der Waals surface area contributed by atoms with Crippen molar-refractivity contribution in [3.05, 3.63) is 29.8 Å². The summed E-state index contributed by atoms with van der Waals surface area (Å²) in [5.41, 5.74) is -4.95. The molecule has 46 heavy (non-hydrogen) atoms.